The topological polar surface area (TPSA) is 224 Å². The number of fused-ring (bicyclic) bond motifs is 1. The maximum atomic E-state index is 13.5. The number of aromatic nitrogens is 1. The van der Waals surface area contributed by atoms with E-state index in [1.807, 2.05) is 12.1 Å². The summed E-state index contributed by atoms with van der Waals surface area (Å²) in [5.74, 6) is -5.50. The van der Waals surface area contributed by atoms with Gasteiger partial charge in [0.15, 0.2) is 0 Å². The molecule has 3 amide bonds. The average molecular weight is 568 g/mol. The number of nitrogens with one attached hydrogen (secondary N) is 4. The Morgan fingerprint density at radius 3 is 2.02 bits per heavy atom. The van der Waals surface area contributed by atoms with Gasteiger partial charge in [-0.1, -0.05) is 48.5 Å². The van der Waals surface area contributed by atoms with Gasteiger partial charge in [-0.2, -0.15) is 0 Å². The number of para-hydroxylation sites is 1. The van der Waals surface area contributed by atoms with Gasteiger partial charge in [0.25, 0.3) is 0 Å². The van der Waals surface area contributed by atoms with E-state index in [1.54, 1.807) is 48.7 Å². The van der Waals surface area contributed by atoms with E-state index in [0.29, 0.717) is 11.1 Å². The van der Waals surface area contributed by atoms with Crippen molar-refractivity contribution in [3.05, 3.63) is 71.9 Å². The number of carbonyl (C=O) groups excluding carboxylic acids is 3. The lowest BCUT2D eigenvalue weighted by Gasteiger charge is -2.25. The molecule has 13 nitrogen and oxygen atoms in total. The van der Waals surface area contributed by atoms with Crippen LogP contribution in [0.15, 0.2) is 60.8 Å². The van der Waals surface area contributed by atoms with Gasteiger partial charge in [-0.25, -0.2) is 4.79 Å². The molecule has 1 heterocycles. The molecular weight excluding hydrogens is 534 g/mol. The Morgan fingerprint density at radius 2 is 1.39 bits per heavy atom. The first-order chi connectivity index (χ1) is 19.5. The molecule has 5 atom stereocenters. The third-order valence-corrected chi connectivity index (χ3v) is 6.46. The highest BCUT2D eigenvalue weighted by atomic mass is 16.4. The van der Waals surface area contributed by atoms with Crippen LogP contribution >= 0.6 is 0 Å². The van der Waals surface area contributed by atoms with Gasteiger partial charge in [-0.3, -0.25) is 19.2 Å². The van der Waals surface area contributed by atoms with Crippen LogP contribution in [0.3, 0.4) is 0 Å². The number of rotatable bonds is 14. The Morgan fingerprint density at radius 1 is 0.805 bits per heavy atom. The minimum atomic E-state index is -1.64. The third kappa shape index (κ3) is 8.62. The molecule has 0 aliphatic carbocycles. The molecule has 41 heavy (non-hydrogen) atoms. The molecule has 0 bridgehead atoms. The number of aliphatic hydroxyl groups excluding tert-OH is 1. The van der Waals surface area contributed by atoms with Gasteiger partial charge in [0.2, 0.25) is 17.7 Å². The van der Waals surface area contributed by atoms with Gasteiger partial charge >= 0.3 is 11.9 Å². The van der Waals surface area contributed by atoms with E-state index >= 15 is 0 Å². The SMILES string of the molecule is CC(O)C(N)C(=O)NC(CC(=O)O)C(=O)NC(Cc1c[nH]c2ccccc12)C(=O)NC(Cc1ccccc1)C(=O)O. The van der Waals surface area contributed by atoms with E-state index in [0.717, 1.165) is 10.9 Å². The van der Waals surface area contributed by atoms with Crippen LogP contribution in [0.2, 0.25) is 0 Å². The minimum Gasteiger partial charge on any atom is -0.481 e. The second-order valence-electron chi connectivity index (χ2n) is 9.64. The van der Waals surface area contributed by atoms with Crippen molar-refractivity contribution in [1.29, 1.82) is 0 Å². The summed E-state index contributed by atoms with van der Waals surface area (Å²) in [4.78, 5) is 65.6. The quantitative estimate of drug-likeness (QED) is 0.128. The second kappa shape index (κ2) is 14.1. The van der Waals surface area contributed by atoms with E-state index in [4.69, 9.17) is 5.73 Å². The first kappa shape index (κ1) is 30.8. The highest BCUT2D eigenvalue weighted by Gasteiger charge is 2.32. The predicted octanol–water partition coefficient (Wildman–Crippen LogP) is -0.325. The van der Waals surface area contributed by atoms with Crippen LogP contribution in [0.25, 0.3) is 10.9 Å². The molecule has 0 aliphatic heterocycles. The number of amides is 3. The maximum absolute atomic E-state index is 13.5. The minimum absolute atomic E-state index is 0.0232. The van der Waals surface area contributed by atoms with E-state index in [2.05, 4.69) is 20.9 Å². The van der Waals surface area contributed by atoms with Crippen molar-refractivity contribution in [2.45, 2.75) is 56.5 Å². The second-order valence-corrected chi connectivity index (χ2v) is 9.64. The molecule has 2 aromatic carbocycles. The molecule has 9 N–H and O–H groups in total. The van der Waals surface area contributed by atoms with E-state index in [1.165, 1.54) is 6.92 Å². The number of benzene rings is 2. The first-order valence-electron chi connectivity index (χ1n) is 12.8. The summed E-state index contributed by atoms with van der Waals surface area (Å²) in [5.41, 5.74) is 7.67. The average Bonchev–Trinajstić information content (AvgIpc) is 3.34. The van der Waals surface area contributed by atoms with E-state index in [-0.39, 0.29) is 12.8 Å². The van der Waals surface area contributed by atoms with Crippen LogP contribution < -0.4 is 21.7 Å². The fraction of sp³-hybridized carbons (Fsp3) is 0.321. The number of carbonyl (C=O) groups is 5. The molecule has 218 valence electrons. The third-order valence-electron chi connectivity index (χ3n) is 6.46. The van der Waals surface area contributed by atoms with Gasteiger partial charge in [-0.05, 0) is 24.1 Å². The molecule has 3 aromatic rings. The summed E-state index contributed by atoms with van der Waals surface area (Å²) in [7, 11) is 0. The maximum Gasteiger partial charge on any atom is 0.326 e. The highest BCUT2D eigenvalue weighted by Crippen LogP contribution is 2.19. The molecule has 1 aromatic heterocycles. The summed E-state index contributed by atoms with van der Waals surface area (Å²) in [6.45, 7) is 1.26. The molecule has 0 aliphatic rings. The van der Waals surface area contributed by atoms with Gasteiger partial charge in [0.05, 0.1) is 12.5 Å². The van der Waals surface area contributed by atoms with Crippen LogP contribution in [0.5, 0.6) is 0 Å². The number of hydrogen-bond donors (Lipinski definition) is 8. The van der Waals surface area contributed by atoms with Gasteiger partial charge in [-0.15, -0.1) is 0 Å². The molecule has 3 rings (SSSR count). The molecule has 5 unspecified atom stereocenters. The number of carboxylic acid groups (broad SMARTS) is 2. The largest absolute Gasteiger partial charge is 0.481 e. The zero-order valence-corrected chi connectivity index (χ0v) is 22.2. The fourth-order valence-corrected chi connectivity index (χ4v) is 4.20. The van der Waals surface area contributed by atoms with Crippen molar-refractivity contribution in [3.8, 4) is 0 Å². The van der Waals surface area contributed by atoms with E-state index in [9.17, 15) is 39.3 Å². The highest BCUT2D eigenvalue weighted by molar-refractivity contribution is 5.96. The summed E-state index contributed by atoms with van der Waals surface area (Å²) < 4.78 is 0. The number of hydrogen-bond acceptors (Lipinski definition) is 7. The number of aromatic amines is 1. The smallest absolute Gasteiger partial charge is 0.326 e. The number of aliphatic hydroxyl groups is 1. The van der Waals surface area contributed by atoms with Crippen molar-refractivity contribution >= 4 is 40.6 Å². The lowest BCUT2D eigenvalue weighted by atomic mass is 10.0. The van der Waals surface area contributed by atoms with Crippen LogP contribution in [0.1, 0.15) is 24.5 Å². The van der Waals surface area contributed by atoms with Crippen LogP contribution in [-0.2, 0) is 36.8 Å². The number of aliphatic carboxylic acids is 2. The van der Waals surface area contributed by atoms with Gasteiger partial charge in [0.1, 0.15) is 24.2 Å². The summed E-state index contributed by atoms with van der Waals surface area (Å²) >= 11 is 0. The van der Waals surface area contributed by atoms with Crippen LogP contribution in [0.4, 0.5) is 0 Å². The van der Waals surface area contributed by atoms with Gasteiger partial charge in [0, 0.05) is 29.9 Å². The standard InChI is InChI=1S/C28H33N5O8/c1-15(34)24(29)27(39)32-21(13-23(35)36)26(38)31-20(12-17-14-30-19-10-6-5-9-18(17)19)25(37)33-22(28(40)41)11-16-7-3-2-4-8-16/h2-10,14-15,20-22,24,30,34H,11-13,29H2,1H3,(H,31,38)(H,32,39)(H,33,37)(H,35,36)(H,40,41). The molecule has 13 heteroatoms. The molecule has 0 spiro atoms. The zero-order chi connectivity index (χ0) is 30.1. The first-order valence-corrected chi connectivity index (χ1v) is 12.8. The Kier molecular flexibility index (Phi) is 10.6. The fourth-order valence-electron chi connectivity index (χ4n) is 4.20. The predicted molar refractivity (Wildman–Crippen MR) is 147 cm³/mol. The Labute approximate surface area is 235 Å². The lowest BCUT2D eigenvalue weighted by Crippen LogP contribution is -2.59. The Hall–Kier alpha value is -4.75. The summed E-state index contributed by atoms with van der Waals surface area (Å²) in [6.07, 6.45) is -0.572. The Balaban J connectivity index is 1.87. The van der Waals surface area contributed by atoms with Crippen molar-refractivity contribution in [3.63, 3.8) is 0 Å². The van der Waals surface area contributed by atoms with Crippen molar-refractivity contribution in [2.75, 3.05) is 0 Å². The van der Waals surface area contributed by atoms with Crippen molar-refractivity contribution < 1.29 is 39.3 Å². The van der Waals surface area contributed by atoms with Gasteiger partial charge < -0.3 is 42.0 Å². The molecular formula is C28H33N5O8. The van der Waals surface area contributed by atoms with Crippen LogP contribution in [-0.4, -0.2) is 80.2 Å². The van der Waals surface area contributed by atoms with Crippen molar-refractivity contribution in [1.82, 2.24) is 20.9 Å². The molecule has 0 radical (unpaired) electrons. The molecule has 0 fully saturated rings. The lowest BCUT2D eigenvalue weighted by molar-refractivity contribution is -0.143. The zero-order valence-electron chi connectivity index (χ0n) is 22.2. The number of H-pyrrole nitrogens is 1. The normalized spacial score (nSPS) is 14.7. The molecule has 0 saturated carbocycles. The summed E-state index contributed by atoms with van der Waals surface area (Å²) in [6, 6.07) is 10.1. The summed E-state index contributed by atoms with van der Waals surface area (Å²) in [5, 5.41) is 36.6. The number of nitrogens with two attached hydrogens (primary N) is 1. The van der Waals surface area contributed by atoms with Crippen LogP contribution in [0, 0.1) is 0 Å². The van der Waals surface area contributed by atoms with E-state index < -0.39 is 66.4 Å². The Bertz CT molecular complexity index is 1390. The number of carboxylic acids is 2. The van der Waals surface area contributed by atoms with Crippen molar-refractivity contribution in [2.24, 2.45) is 5.73 Å². The molecule has 0 saturated heterocycles. The monoisotopic (exact) mass is 567 g/mol.